The topological polar surface area (TPSA) is 3.24 Å². The van der Waals surface area contributed by atoms with Gasteiger partial charge in [0.15, 0.2) is 0 Å². The normalized spacial score (nSPS) is 12.7. The number of hydrogen-bond donors (Lipinski definition) is 0. The van der Waals surface area contributed by atoms with E-state index in [0.717, 1.165) is 17.1 Å². The number of anilines is 3. The van der Waals surface area contributed by atoms with Crippen LogP contribution in [0.25, 0.3) is 76.5 Å². The van der Waals surface area contributed by atoms with Crippen molar-refractivity contribution in [3.05, 3.63) is 283 Å². The van der Waals surface area contributed by atoms with Gasteiger partial charge in [-0.1, -0.05) is 212 Å². The van der Waals surface area contributed by atoms with Gasteiger partial charge in [0.2, 0.25) is 0 Å². The second-order valence-electron chi connectivity index (χ2n) is 17.5. The summed E-state index contributed by atoms with van der Waals surface area (Å²) in [6.07, 6.45) is 0. The van der Waals surface area contributed by atoms with Gasteiger partial charge in [-0.05, 0) is 142 Å². The summed E-state index contributed by atoms with van der Waals surface area (Å²) in [6.45, 7) is 0. The van der Waals surface area contributed by atoms with E-state index >= 15 is 0 Å². The van der Waals surface area contributed by atoms with Crippen molar-refractivity contribution in [2.75, 3.05) is 4.90 Å². The van der Waals surface area contributed by atoms with Crippen molar-refractivity contribution in [2.45, 2.75) is 5.41 Å². The van der Waals surface area contributed by atoms with Gasteiger partial charge >= 0.3 is 0 Å². The summed E-state index contributed by atoms with van der Waals surface area (Å²) in [5, 5.41) is 9.91. The third-order valence-corrected chi connectivity index (χ3v) is 14.1. The highest BCUT2D eigenvalue weighted by Gasteiger charge is 2.46. The summed E-state index contributed by atoms with van der Waals surface area (Å²) in [5.41, 5.74) is 15.6. The van der Waals surface area contributed by atoms with Crippen LogP contribution in [0.2, 0.25) is 0 Å². The summed E-state index contributed by atoms with van der Waals surface area (Å²) in [7, 11) is 0. The largest absolute Gasteiger partial charge is 0.310 e. The van der Waals surface area contributed by atoms with Crippen molar-refractivity contribution in [3.63, 3.8) is 0 Å². The van der Waals surface area contributed by atoms with Crippen LogP contribution >= 0.6 is 0 Å². The molecule has 0 heterocycles. The first-order chi connectivity index (χ1) is 32.8. The lowest BCUT2D eigenvalue weighted by Crippen LogP contribution is -2.28. The lowest BCUT2D eigenvalue weighted by atomic mass is 9.67. The molecule has 13 rings (SSSR count). The van der Waals surface area contributed by atoms with Crippen LogP contribution in [0.15, 0.2) is 261 Å². The van der Waals surface area contributed by atoms with E-state index in [-0.39, 0.29) is 0 Å². The maximum absolute atomic E-state index is 2.50. The molecule has 0 fully saturated rings. The SMILES string of the molecule is c1ccc(N(c2ccccc2)c2ccc(-c3cc4c5ccccc5c(-c5ccc6c(c5)C(c5ccccc5)(c5ccccc5)c5ccccc5-6)cc4c4ccccc34)c3ccccc23)cc1. The molecular weight excluding hydrogens is 795 g/mol. The van der Waals surface area contributed by atoms with E-state index in [1.165, 1.54) is 98.7 Å². The zero-order valence-corrected chi connectivity index (χ0v) is 36.3. The number of rotatable bonds is 7. The monoisotopic (exact) mass is 837 g/mol. The smallest absolute Gasteiger partial charge is 0.0713 e. The Kier molecular flexibility index (Phi) is 8.82. The third-order valence-electron chi connectivity index (χ3n) is 14.1. The van der Waals surface area contributed by atoms with Gasteiger partial charge in [0.25, 0.3) is 0 Å². The number of fused-ring (bicyclic) bond motifs is 9. The Bertz CT molecular complexity index is 3720. The molecule has 1 nitrogen and oxygen atoms in total. The average Bonchev–Trinajstić information content (AvgIpc) is 3.70. The Morgan fingerprint density at radius 1 is 0.242 bits per heavy atom. The number of para-hydroxylation sites is 2. The van der Waals surface area contributed by atoms with E-state index in [1.807, 2.05) is 0 Å². The molecule has 0 aromatic heterocycles. The Labute approximate surface area is 385 Å². The zero-order valence-electron chi connectivity index (χ0n) is 36.3. The second-order valence-corrected chi connectivity index (χ2v) is 17.5. The summed E-state index contributed by atoms with van der Waals surface area (Å²) in [5.74, 6) is 0. The van der Waals surface area contributed by atoms with Gasteiger partial charge in [0, 0.05) is 16.8 Å². The molecule has 12 aromatic carbocycles. The molecule has 0 atom stereocenters. The molecule has 12 aromatic rings. The van der Waals surface area contributed by atoms with E-state index in [2.05, 4.69) is 266 Å². The van der Waals surface area contributed by atoms with Gasteiger partial charge in [0.1, 0.15) is 0 Å². The average molecular weight is 838 g/mol. The van der Waals surface area contributed by atoms with Crippen molar-refractivity contribution in [2.24, 2.45) is 0 Å². The highest BCUT2D eigenvalue weighted by Crippen LogP contribution is 2.57. The first-order valence-electron chi connectivity index (χ1n) is 22.9. The van der Waals surface area contributed by atoms with Crippen LogP contribution < -0.4 is 4.90 Å². The van der Waals surface area contributed by atoms with Crippen LogP contribution in [-0.2, 0) is 5.41 Å². The molecule has 1 aliphatic carbocycles. The maximum atomic E-state index is 2.50. The van der Waals surface area contributed by atoms with Gasteiger partial charge in [-0.3, -0.25) is 0 Å². The zero-order chi connectivity index (χ0) is 43.6. The number of hydrogen-bond acceptors (Lipinski definition) is 1. The first kappa shape index (κ1) is 38.0. The highest BCUT2D eigenvalue weighted by atomic mass is 15.1. The minimum atomic E-state index is -0.476. The van der Waals surface area contributed by atoms with Crippen molar-refractivity contribution in [1.29, 1.82) is 0 Å². The Balaban J connectivity index is 1.04. The predicted octanol–water partition coefficient (Wildman–Crippen LogP) is 17.5. The number of nitrogens with zero attached hydrogens (tertiary/aromatic N) is 1. The summed E-state index contributed by atoms with van der Waals surface area (Å²) < 4.78 is 0. The lowest BCUT2D eigenvalue weighted by Gasteiger charge is -2.34. The van der Waals surface area contributed by atoms with Crippen molar-refractivity contribution in [1.82, 2.24) is 0 Å². The molecular formula is C65H43N. The van der Waals surface area contributed by atoms with Crippen LogP contribution in [0.5, 0.6) is 0 Å². The molecule has 0 bridgehead atoms. The fraction of sp³-hybridized carbons (Fsp3) is 0.0154. The van der Waals surface area contributed by atoms with Crippen LogP contribution in [0.1, 0.15) is 22.3 Å². The van der Waals surface area contributed by atoms with E-state index in [9.17, 15) is 0 Å². The molecule has 1 heteroatoms. The molecule has 0 saturated carbocycles. The minimum absolute atomic E-state index is 0.476. The van der Waals surface area contributed by atoms with Crippen molar-refractivity contribution >= 4 is 60.2 Å². The molecule has 0 saturated heterocycles. The quantitative estimate of drug-likeness (QED) is 0.145. The van der Waals surface area contributed by atoms with Crippen LogP contribution in [0.3, 0.4) is 0 Å². The molecule has 308 valence electrons. The molecule has 0 unspecified atom stereocenters. The molecule has 0 spiro atoms. The minimum Gasteiger partial charge on any atom is -0.310 e. The van der Waals surface area contributed by atoms with E-state index < -0.39 is 5.41 Å². The lowest BCUT2D eigenvalue weighted by molar-refractivity contribution is 0.769. The van der Waals surface area contributed by atoms with Gasteiger partial charge in [-0.2, -0.15) is 0 Å². The van der Waals surface area contributed by atoms with Crippen LogP contribution in [0, 0.1) is 0 Å². The van der Waals surface area contributed by atoms with E-state index in [4.69, 9.17) is 0 Å². The molecule has 0 radical (unpaired) electrons. The summed E-state index contributed by atoms with van der Waals surface area (Å²) in [4.78, 5) is 2.38. The second kappa shape index (κ2) is 15.3. The fourth-order valence-corrected chi connectivity index (χ4v) is 11.3. The summed E-state index contributed by atoms with van der Waals surface area (Å²) >= 11 is 0. The maximum Gasteiger partial charge on any atom is 0.0713 e. The summed E-state index contributed by atoms with van der Waals surface area (Å²) in [6, 6.07) is 96.4. The van der Waals surface area contributed by atoms with Crippen LogP contribution in [0.4, 0.5) is 17.1 Å². The molecule has 0 N–H and O–H groups in total. The van der Waals surface area contributed by atoms with E-state index in [1.54, 1.807) is 0 Å². The Morgan fingerprint density at radius 3 is 1.26 bits per heavy atom. The standard InChI is InChI=1S/C65H43N/c1-5-21-45(22-6-1)65(46-23-7-2-8-24-46)62-36-20-19-34-55(62)56-38-37-44(41-63(56)65)58-42-60-53-33-16-15-32-52(53)59(43-61(60)51-31-14-13-30-50(51)58)54-39-40-64(57-35-18-17-29-49(54)57)66(47-25-9-3-10-26-47)48-27-11-4-12-28-48/h1-43H. The van der Waals surface area contributed by atoms with Crippen molar-refractivity contribution in [3.8, 4) is 33.4 Å². The number of benzene rings is 12. The van der Waals surface area contributed by atoms with Crippen molar-refractivity contribution < 1.29 is 0 Å². The molecule has 0 aliphatic heterocycles. The van der Waals surface area contributed by atoms with Gasteiger partial charge in [0.05, 0.1) is 11.1 Å². The van der Waals surface area contributed by atoms with Crippen LogP contribution in [-0.4, -0.2) is 0 Å². The van der Waals surface area contributed by atoms with Gasteiger partial charge < -0.3 is 4.90 Å². The van der Waals surface area contributed by atoms with E-state index in [0.29, 0.717) is 0 Å². The molecule has 0 amide bonds. The van der Waals surface area contributed by atoms with Gasteiger partial charge in [-0.15, -0.1) is 0 Å². The third kappa shape index (κ3) is 5.73. The Morgan fingerprint density at radius 2 is 0.667 bits per heavy atom. The molecule has 1 aliphatic rings. The Hall–Kier alpha value is -8.52. The fourth-order valence-electron chi connectivity index (χ4n) is 11.3. The van der Waals surface area contributed by atoms with Gasteiger partial charge in [-0.25, -0.2) is 0 Å². The highest BCUT2D eigenvalue weighted by molar-refractivity contribution is 6.25. The predicted molar refractivity (Wildman–Crippen MR) is 279 cm³/mol. The first-order valence-corrected chi connectivity index (χ1v) is 22.9. The molecule has 66 heavy (non-hydrogen) atoms.